The first kappa shape index (κ1) is 11.6. The molecule has 0 spiro atoms. The number of Topliss-reactive ketones (excluding diaryl/α,β-unsaturated/α-hetero) is 1. The van der Waals surface area contributed by atoms with E-state index >= 15 is 0 Å². The maximum absolute atomic E-state index is 12.2. The minimum atomic E-state index is 0.113. The summed E-state index contributed by atoms with van der Waals surface area (Å²) in [6.07, 6.45) is 10.4. The third kappa shape index (κ3) is 2.64. The molecule has 0 bridgehead atoms. The second-order valence-corrected chi connectivity index (χ2v) is 4.84. The maximum Gasteiger partial charge on any atom is 0.193 e. The zero-order valence-electron chi connectivity index (χ0n) is 9.17. The van der Waals surface area contributed by atoms with Gasteiger partial charge in [-0.05, 0) is 53.3 Å². The van der Waals surface area contributed by atoms with Crippen LogP contribution in [0.1, 0.15) is 48.9 Å². The molecule has 1 aliphatic rings. The standard InChI is InChI=1S/C13H15BrO2/c14-13-11(8-9-16-13)12(15)10-6-4-2-1-3-5-7-10/h6,8-9H,1-5,7H2/b10-6+. The molecule has 0 amide bonds. The predicted molar refractivity (Wildman–Crippen MR) is 66.5 cm³/mol. The molecule has 0 aromatic carbocycles. The van der Waals surface area contributed by atoms with Crippen molar-refractivity contribution in [1.29, 1.82) is 0 Å². The number of hydrogen-bond donors (Lipinski definition) is 0. The Morgan fingerprint density at radius 3 is 2.81 bits per heavy atom. The summed E-state index contributed by atoms with van der Waals surface area (Å²) in [5.41, 5.74) is 1.59. The van der Waals surface area contributed by atoms with E-state index in [1.165, 1.54) is 19.3 Å². The summed E-state index contributed by atoms with van der Waals surface area (Å²) in [6, 6.07) is 1.73. The molecule has 1 aromatic rings. The Bertz CT molecular complexity index is 404. The highest BCUT2D eigenvalue weighted by molar-refractivity contribution is 9.10. The van der Waals surface area contributed by atoms with Gasteiger partial charge in [0, 0.05) is 0 Å². The van der Waals surface area contributed by atoms with Crippen LogP contribution in [0.25, 0.3) is 0 Å². The van der Waals surface area contributed by atoms with E-state index in [9.17, 15) is 4.79 Å². The van der Waals surface area contributed by atoms with Crippen LogP contribution in [0.15, 0.2) is 33.1 Å². The molecule has 1 aliphatic carbocycles. The van der Waals surface area contributed by atoms with Gasteiger partial charge in [-0.3, -0.25) is 4.79 Å². The highest BCUT2D eigenvalue weighted by Gasteiger charge is 2.17. The fourth-order valence-corrected chi connectivity index (χ4v) is 2.45. The van der Waals surface area contributed by atoms with E-state index < -0.39 is 0 Å². The first-order valence-corrected chi connectivity index (χ1v) is 6.55. The van der Waals surface area contributed by atoms with Crippen molar-refractivity contribution >= 4 is 21.7 Å². The summed E-state index contributed by atoms with van der Waals surface area (Å²) >= 11 is 3.25. The number of carbonyl (C=O) groups is 1. The van der Waals surface area contributed by atoms with E-state index in [4.69, 9.17) is 4.42 Å². The van der Waals surface area contributed by atoms with Crippen molar-refractivity contribution in [2.45, 2.75) is 38.5 Å². The summed E-state index contributed by atoms with van der Waals surface area (Å²) in [7, 11) is 0. The second-order valence-electron chi connectivity index (χ2n) is 4.12. The number of rotatable bonds is 2. The molecular weight excluding hydrogens is 268 g/mol. The lowest BCUT2D eigenvalue weighted by Crippen LogP contribution is -2.04. The van der Waals surface area contributed by atoms with Crippen molar-refractivity contribution < 1.29 is 9.21 Å². The van der Waals surface area contributed by atoms with Gasteiger partial charge in [0.1, 0.15) is 0 Å². The smallest absolute Gasteiger partial charge is 0.193 e. The van der Waals surface area contributed by atoms with Gasteiger partial charge in [0.05, 0.1) is 11.8 Å². The molecule has 16 heavy (non-hydrogen) atoms. The molecule has 0 aliphatic heterocycles. The van der Waals surface area contributed by atoms with E-state index in [1.54, 1.807) is 12.3 Å². The fourth-order valence-electron chi connectivity index (χ4n) is 2.03. The molecule has 0 N–H and O–H groups in total. The van der Waals surface area contributed by atoms with Crippen molar-refractivity contribution in [2.75, 3.05) is 0 Å². The quantitative estimate of drug-likeness (QED) is 0.748. The lowest BCUT2D eigenvalue weighted by atomic mass is 9.95. The third-order valence-electron chi connectivity index (χ3n) is 2.95. The molecular formula is C13H15BrO2. The van der Waals surface area contributed by atoms with Crippen LogP contribution in [0.2, 0.25) is 0 Å². The van der Waals surface area contributed by atoms with Crippen LogP contribution in [-0.4, -0.2) is 5.78 Å². The summed E-state index contributed by atoms with van der Waals surface area (Å²) in [6.45, 7) is 0. The molecule has 86 valence electrons. The minimum Gasteiger partial charge on any atom is -0.457 e. The highest BCUT2D eigenvalue weighted by Crippen LogP contribution is 2.25. The Morgan fingerprint density at radius 1 is 1.25 bits per heavy atom. The van der Waals surface area contributed by atoms with Gasteiger partial charge >= 0.3 is 0 Å². The Labute approximate surface area is 104 Å². The van der Waals surface area contributed by atoms with E-state index in [0.29, 0.717) is 10.2 Å². The lowest BCUT2D eigenvalue weighted by molar-refractivity contribution is 0.102. The van der Waals surface area contributed by atoms with Crippen LogP contribution >= 0.6 is 15.9 Å². The molecule has 1 heterocycles. The van der Waals surface area contributed by atoms with Gasteiger partial charge in [0.2, 0.25) is 0 Å². The summed E-state index contributed by atoms with van der Waals surface area (Å²) in [5, 5.41) is 0. The van der Waals surface area contributed by atoms with Crippen LogP contribution in [0, 0.1) is 0 Å². The Balaban J connectivity index is 2.17. The van der Waals surface area contributed by atoms with E-state index in [2.05, 4.69) is 22.0 Å². The zero-order valence-corrected chi connectivity index (χ0v) is 10.8. The lowest BCUT2D eigenvalue weighted by Gasteiger charge is -2.09. The predicted octanol–water partition coefficient (Wildman–Crippen LogP) is 4.51. The van der Waals surface area contributed by atoms with E-state index in [1.807, 2.05) is 0 Å². The van der Waals surface area contributed by atoms with Crippen LogP contribution in [0.5, 0.6) is 0 Å². The molecule has 0 fully saturated rings. The summed E-state index contributed by atoms with van der Waals surface area (Å²) in [4.78, 5) is 12.2. The Hall–Kier alpha value is -0.830. The van der Waals surface area contributed by atoms with Crippen molar-refractivity contribution in [3.63, 3.8) is 0 Å². The summed E-state index contributed by atoms with van der Waals surface area (Å²) in [5.74, 6) is 0.113. The molecule has 0 saturated carbocycles. The van der Waals surface area contributed by atoms with Crippen molar-refractivity contribution in [3.05, 3.63) is 34.2 Å². The molecule has 1 aromatic heterocycles. The molecule has 0 saturated heterocycles. The second kappa shape index (κ2) is 5.48. The minimum absolute atomic E-state index is 0.113. The Kier molecular flexibility index (Phi) is 3.99. The Morgan fingerprint density at radius 2 is 2.06 bits per heavy atom. The highest BCUT2D eigenvalue weighted by atomic mass is 79.9. The molecule has 0 atom stereocenters. The number of halogens is 1. The molecule has 2 rings (SSSR count). The average molecular weight is 283 g/mol. The monoisotopic (exact) mass is 282 g/mol. The fraction of sp³-hybridized carbons (Fsp3) is 0.462. The van der Waals surface area contributed by atoms with E-state index in [-0.39, 0.29) is 5.78 Å². The normalized spacial score (nSPS) is 20.7. The molecule has 2 nitrogen and oxygen atoms in total. The van der Waals surface area contributed by atoms with Gasteiger partial charge in [0.15, 0.2) is 10.5 Å². The average Bonchev–Trinajstić information content (AvgIpc) is 2.63. The summed E-state index contributed by atoms with van der Waals surface area (Å²) < 4.78 is 5.64. The van der Waals surface area contributed by atoms with Gasteiger partial charge < -0.3 is 4.42 Å². The number of ketones is 1. The van der Waals surface area contributed by atoms with Crippen LogP contribution < -0.4 is 0 Å². The number of hydrogen-bond acceptors (Lipinski definition) is 2. The number of furan rings is 1. The topological polar surface area (TPSA) is 30.2 Å². The van der Waals surface area contributed by atoms with Crippen molar-refractivity contribution in [1.82, 2.24) is 0 Å². The SMILES string of the molecule is O=C(/C1=C/CCCCCC1)c1ccoc1Br. The third-order valence-corrected chi connectivity index (χ3v) is 3.56. The number of allylic oxidation sites excluding steroid dienone is 2. The van der Waals surface area contributed by atoms with Gasteiger partial charge in [-0.1, -0.05) is 18.9 Å². The van der Waals surface area contributed by atoms with Crippen molar-refractivity contribution in [3.8, 4) is 0 Å². The first-order valence-electron chi connectivity index (χ1n) is 5.76. The van der Waals surface area contributed by atoms with Gasteiger partial charge in [-0.15, -0.1) is 0 Å². The van der Waals surface area contributed by atoms with Crippen LogP contribution in [0.3, 0.4) is 0 Å². The number of carbonyl (C=O) groups excluding carboxylic acids is 1. The van der Waals surface area contributed by atoms with Crippen LogP contribution in [-0.2, 0) is 0 Å². The van der Waals surface area contributed by atoms with Crippen LogP contribution in [0.4, 0.5) is 0 Å². The van der Waals surface area contributed by atoms with Crippen molar-refractivity contribution in [2.24, 2.45) is 0 Å². The maximum atomic E-state index is 12.2. The zero-order chi connectivity index (χ0) is 11.4. The molecule has 0 unspecified atom stereocenters. The largest absolute Gasteiger partial charge is 0.457 e. The van der Waals surface area contributed by atoms with Gasteiger partial charge in [0.25, 0.3) is 0 Å². The molecule has 3 heteroatoms. The molecule has 0 radical (unpaired) electrons. The van der Waals surface area contributed by atoms with Gasteiger partial charge in [-0.25, -0.2) is 0 Å². The van der Waals surface area contributed by atoms with Gasteiger partial charge in [-0.2, -0.15) is 0 Å². The first-order chi connectivity index (χ1) is 7.79. The van der Waals surface area contributed by atoms with E-state index in [0.717, 1.165) is 24.8 Å².